The Morgan fingerprint density at radius 2 is 2.08 bits per heavy atom. The molecule has 2 aromatic heterocycles. The highest BCUT2D eigenvalue weighted by Gasteiger charge is 2.19. The number of para-hydroxylation sites is 1. The lowest BCUT2D eigenvalue weighted by Gasteiger charge is -2.20. The van der Waals surface area contributed by atoms with Gasteiger partial charge in [-0.25, -0.2) is 0 Å². The summed E-state index contributed by atoms with van der Waals surface area (Å²) in [6.45, 7) is 0. The van der Waals surface area contributed by atoms with Crippen molar-refractivity contribution in [3.63, 3.8) is 0 Å². The number of benzene rings is 1. The van der Waals surface area contributed by atoms with Gasteiger partial charge < -0.3 is 4.42 Å². The van der Waals surface area contributed by atoms with Crippen LogP contribution >= 0.6 is 0 Å². The summed E-state index contributed by atoms with van der Waals surface area (Å²) in [4.78, 5) is 25.1. The monoisotopic (exact) mass is 352 g/mol. The van der Waals surface area contributed by atoms with Gasteiger partial charge in [-0.2, -0.15) is 5.21 Å². The fourth-order valence-electron chi connectivity index (χ4n) is 3.70. The molecule has 0 amide bonds. The van der Waals surface area contributed by atoms with Crippen molar-refractivity contribution < 1.29 is 9.21 Å². The Labute approximate surface area is 149 Å². The molecule has 1 aromatic carbocycles. The zero-order valence-corrected chi connectivity index (χ0v) is 14.4. The van der Waals surface area contributed by atoms with Gasteiger partial charge in [0.05, 0.1) is 10.9 Å². The predicted molar refractivity (Wildman–Crippen MR) is 95.8 cm³/mol. The van der Waals surface area contributed by atoms with E-state index >= 15 is 0 Å². The fourth-order valence-corrected chi connectivity index (χ4v) is 3.70. The van der Waals surface area contributed by atoms with Gasteiger partial charge in [0.15, 0.2) is 17.0 Å². The minimum Gasteiger partial charge on any atom is -0.452 e. The molecule has 2 heterocycles. The van der Waals surface area contributed by atoms with Crippen molar-refractivity contribution in [3.05, 3.63) is 40.2 Å². The molecule has 0 spiro atoms. The van der Waals surface area contributed by atoms with E-state index in [1.807, 2.05) is 0 Å². The molecule has 134 valence electrons. The Balaban J connectivity index is 1.64. The van der Waals surface area contributed by atoms with E-state index in [1.165, 1.54) is 38.2 Å². The maximum Gasteiger partial charge on any atom is 0.208 e. The third kappa shape index (κ3) is 3.29. The lowest BCUT2D eigenvalue weighted by atomic mass is 9.85. The van der Waals surface area contributed by atoms with Crippen molar-refractivity contribution in [1.29, 1.82) is 0 Å². The summed E-state index contributed by atoms with van der Waals surface area (Å²) in [6.07, 6.45) is 7.43. The van der Waals surface area contributed by atoms with Crippen molar-refractivity contribution in [1.82, 2.24) is 20.6 Å². The van der Waals surface area contributed by atoms with Crippen LogP contribution in [0.15, 0.2) is 33.5 Å². The highest BCUT2D eigenvalue weighted by molar-refractivity contribution is 5.97. The SMILES string of the molecule is O=C(CCC1CCCCC1)c1cc(=O)c2cccc(-c3nn[nH]n3)c2o1. The van der Waals surface area contributed by atoms with Crippen molar-refractivity contribution in [2.24, 2.45) is 5.92 Å². The molecule has 0 saturated heterocycles. The second-order valence-corrected chi connectivity index (χ2v) is 6.86. The topological polar surface area (TPSA) is 102 Å². The summed E-state index contributed by atoms with van der Waals surface area (Å²) in [5.74, 6) is 0.909. The van der Waals surface area contributed by atoms with E-state index in [1.54, 1.807) is 18.2 Å². The first-order chi connectivity index (χ1) is 12.7. The molecule has 0 unspecified atom stereocenters. The average molecular weight is 352 g/mol. The molecule has 0 radical (unpaired) electrons. The van der Waals surface area contributed by atoms with Crippen LogP contribution in [0.1, 0.15) is 55.5 Å². The van der Waals surface area contributed by atoms with Crippen LogP contribution in [0.2, 0.25) is 0 Å². The number of carbonyl (C=O) groups is 1. The van der Waals surface area contributed by atoms with Crippen LogP contribution in [0, 0.1) is 5.92 Å². The molecule has 1 fully saturated rings. The Hall–Kier alpha value is -2.83. The number of hydrogen-bond donors (Lipinski definition) is 1. The Morgan fingerprint density at radius 1 is 1.23 bits per heavy atom. The van der Waals surface area contributed by atoms with E-state index in [2.05, 4.69) is 20.6 Å². The molecule has 4 rings (SSSR count). The van der Waals surface area contributed by atoms with E-state index in [-0.39, 0.29) is 17.0 Å². The van der Waals surface area contributed by atoms with Gasteiger partial charge in [-0.3, -0.25) is 9.59 Å². The number of rotatable bonds is 5. The molecular weight excluding hydrogens is 332 g/mol. The van der Waals surface area contributed by atoms with Crippen LogP contribution in [0.5, 0.6) is 0 Å². The van der Waals surface area contributed by atoms with E-state index < -0.39 is 0 Å². The molecule has 26 heavy (non-hydrogen) atoms. The van der Waals surface area contributed by atoms with Gasteiger partial charge in [0.1, 0.15) is 5.58 Å². The van der Waals surface area contributed by atoms with E-state index in [4.69, 9.17) is 4.42 Å². The fraction of sp³-hybridized carbons (Fsp3) is 0.421. The van der Waals surface area contributed by atoms with Gasteiger partial charge >= 0.3 is 0 Å². The van der Waals surface area contributed by atoms with Gasteiger partial charge in [-0.1, -0.05) is 38.2 Å². The minimum absolute atomic E-state index is 0.106. The first kappa shape index (κ1) is 16.6. The molecule has 7 heteroatoms. The van der Waals surface area contributed by atoms with E-state index in [0.29, 0.717) is 34.7 Å². The largest absolute Gasteiger partial charge is 0.452 e. The number of ketones is 1. The molecule has 0 atom stereocenters. The number of Topliss-reactive ketones (excluding diaryl/α,β-unsaturated/α-hetero) is 1. The normalized spacial score (nSPS) is 15.4. The quantitative estimate of drug-likeness (QED) is 0.705. The number of hydrogen-bond acceptors (Lipinski definition) is 6. The van der Waals surface area contributed by atoms with Crippen LogP contribution in [0.4, 0.5) is 0 Å². The highest BCUT2D eigenvalue weighted by Crippen LogP contribution is 2.29. The molecular formula is C19H20N4O3. The molecule has 7 nitrogen and oxygen atoms in total. The van der Waals surface area contributed by atoms with Crippen molar-refractivity contribution in [2.75, 3.05) is 0 Å². The molecule has 1 aliphatic carbocycles. The Bertz CT molecular complexity index is 972. The van der Waals surface area contributed by atoms with Crippen LogP contribution in [-0.4, -0.2) is 26.4 Å². The van der Waals surface area contributed by atoms with E-state index in [0.717, 1.165) is 6.42 Å². The molecule has 0 aliphatic heterocycles. The van der Waals surface area contributed by atoms with Crippen molar-refractivity contribution in [3.8, 4) is 11.4 Å². The summed E-state index contributed by atoms with van der Waals surface area (Å²) in [6, 6.07) is 6.44. The molecule has 0 bridgehead atoms. The smallest absolute Gasteiger partial charge is 0.208 e. The van der Waals surface area contributed by atoms with Crippen LogP contribution in [0.3, 0.4) is 0 Å². The number of tetrazole rings is 1. The molecule has 1 aliphatic rings. The number of H-pyrrole nitrogens is 1. The lowest BCUT2D eigenvalue weighted by Crippen LogP contribution is -2.11. The molecule has 3 aromatic rings. The third-order valence-electron chi connectivity index (χ3n) is 5.12. The first-order valence-corrected chi connectivity index (χ1v) is 9.06. The second-order valence-electron chi connectivity index (χ2n) is 6.86. The maximum absolute atomic E-state index is 12.6. The Morgan fingerprint density at radius 3 is 2.85 bits per heavy atom. The summed E-state index contributed by atoms with van der Waals surface area (Å²) < 4.78 is 5.83. The summed E-state index contributed by atoms with van der Waals surface area (Å²) in [5.41, 5.74) is 0.621. The lowest BCUT2D eigenvalue weighted by molar-refractivity contribution is 0.0943. The van der Waals surface area contributed by atoms with E-state index in [9.17, 15) is 9.59 Å². The number of carbonyl (C=O) groups excluding carboxylic acids is 1. The number of fused-ring (bicyclic) bond motifs is 1. The Kier molecular flexibility index (Phi) is 4.60. The summed E-state index contributed by atoms with van der Waals surface area (Å²) in [5, 5.41) is 14.2. The zero-order chi connectivity index (χ0) is 17.9. The maximum atomic E-state index is 12.6. The number of aromatic nitrogens is 4. The average Bonchev–Trinajstić information content (AvgIpc) is 3.21. The van der Waals surface area contributed by atoms with Gasteiger partial charge in [0, 0.05) is 12.5 Å². The second kappa shape index (κ2) is 7.19. The predicted octanol–water partition coefficient (Wildman–Crippen LogP) is 3.52. The summed E-state index contributed by atoms with van der Waals surface area (Å²) >= 11 is 0. The van der Waals surface area contributed by atoms with Gasteiger partial charge in [-0.15, -0.1) is 10.2 Å². The van der Waals surface area contributed by atoms with Gasteiger partial charge in [0.25, 0.3) is 0 Å². The van der Waals surface area contributed by atoms with Crippen molar-refractivity contribution >= 4 is 16.8 Å². The molecule has 1 N–H and O–H groups in total. The standard InChI is InChI=1S/C19H20N4O3/c24-15(10-9-12-5-2-1-3-6-12)17-11-16(25)13-7-4-8-14(18(13)26-17)19-20-22-23-21-19/h4,7-8,11-12H,1-3,5-6,9-10H2,(H,20,21,22,23). The van der Waals surface area contributed by atoms with Crippen molar-refractivity contribution in [2.45, 2.75) is 44.9 Å². The zero-order valence-electron chi connectivity index (χ0n) is 14.4. The third-order valence-corrected chi connectivity index (χ3v) is 5.12. The number of nitrogens with zero attached hydrogens (tertiary/aromatic N) is 3. The summed E-state index contributed by atoms with van der Waals surface area (Å²) in [7, 11) is 0. The van der Waals surface area contributed by atoms with Crippen LogP contribution in [0.25, 0.3) is 22.4 Å². The number of aromatic amines is 1. The highest BCUT2D eigenvalue weighted by atomic mass is 16.3. The van der Waals surface area contributed by atoms with Gasteiger partial charge in [-0.05, 0) is 29.7 Å². The number of nitrogens with one attached hydrogen (secondary N) is 1. The van der Waals surface area contributed by atoms with Gasteiger partial charge in [0.2, 0.25) is 5.82 Å². The van der Waals surface area contributed by atoms with Crippen LogP contribution < -0.4 is 5.43 Å². The molecule has 1 saturated carbocycles. The first-order valence-electron chi connectivity index (χ1n) is 9.06. The van der Waals surface area contributed by atoms with Crippen LogP contribution in [-0.2, 0) is 0 Å². The minimum atomic E-state index is -0.238.